The van der Waals surface area contributed by atoms with Gasteiger partial charge < -0.3 is 4.74 Å². The van der Waals surface area contributed by atoms with E-state index in [2.05, 4.69) is 15.2 Å². The quantitative estimate of drug-likeness (QED) is 0.795. The Labute approximate surface area is 79.6 Å². The third kappa shape index (κ3) is 1.55. The summed E-state index contributed by atoms with van der Waals surface area (Å²) in [5.74, 6) is 2.40. The minimum absolute atomic E-state index is 0.728. The summed E-state index contributed by atoms with van der Waals surface area (Å²) in [7, 11) is 1.65. The van der Waals surface area contributed by atoms with Crippen molar-refractivity contribution in [3.8, 4) is 16.5 Å². The Bertz CT molecular complexity index is 407. The lowest BCUT2D eigenvalue weighted by atomic mass is 10.4. The molecule has 1 N–H and O–H groups in total. The van der Waals surface area contributed by atoms with E-state index in [0.717, 1.165) is 22.3 Å². The molecule has 2 rings (SSSR count). The van der Waals surface area contributed by atoms with Crippen molar-refractivity contribution in [3.63, 3.8) is 0 Å². The average Bonchev–Trinajstić information content (AvgIpc) is 2.71. The predicted octanol–water partition coefficient (Wildman–Crippen LogP) is 1.85. The van der Waals surface area contributed by atoms with E-state index in [9.17, 15) is 0 Å². The van der Waals surface area contributed by atoms with Gasteiger partial charge in [0.15, 0.2) is 5.82 Å². The second kappa shape index (κ2) is 3.18. The zero-order valence-corrected chi connectivity index (χ0v) is 8.18. The Morgan fingerprint density at radius 2 is 2.38 bits per heavy atom. The number of rotatable bonds is 2. The summed E-state index contributed by atoms with van der Waals surface area (Å²) < 4.78 is 5.07. The standard InChI is InChI=1S/C8H9N3OS/c1-5-9-8(11-10-5)7-3-6(12-2)4-13-7/h3-4H,1-2H3,(H,9,10,11). The molecule has 0 aliphatic rings. The van der Waals surface area contributed by atoms with Crippen molar-refractivity contribution in [2.45, 2.75) is 6.92 Å². The van der Waals surface area contributed by atoms with Gasteiger partial charge in [0.1, 0.15) is 11.6 Å². The van der Waals surface area contributed by atoms with Gasteiger partial charge in [0.05, 0.1) is 12.0 Å². The molecule has 0 aliphatic carbocycles. The molecular weight excluding hydrogens is 186 g/mol. The molecule has 2 aromatic heterocycles. The van der Waals surface area contributed by atoms with Gasteiger partial charge in [0.2, 0.25) is 0 Å². The molecule has 0 fully saturated rings. The minimum Gasteiger partial charge on any atom is -0.496 e. The smallest absolute Gasteiger partial charge is 0.191 e. The zero-order valence-electron chi connectivity index (χ0n) is 7.37. The van der Waals surface area contributed by atoms with Crippen molar-refractivity contribution in [3.05, 3.63) is 17.3 Å². The van der Waals surface area contributed by atoms with Crippen LogP contribution in [0.5, 0.6) is 5.75 Å². The number of hydrogen-bond acceptors (Lipinski definition) is 4. The molecule has 0 spiro atoms. The van der Waals surface area contributed by atoms with Crippen molar-refractivity contribution in [1.29, 1.82) is 0 Å². The van der Waals surface area contributed by atoms with E-state index in [-0.39, 0.29) is 0 Å². The maximum atomic E-state index is 5.07. The first-order valence-electron chi connectivity index (χ1n) is 3.81. The zero-order chi connectivity index (χ0) is 9.26. The fourth-order valence-corrected chi connectivity index (χ4v) is 1.78. The summed E-state index contributed by atoms with van der Waals surface area (Å²) in [6.07, 6.45) is 0. The lowest BCUT2D eigenvalue weighted by Gasteiger charge is -1.88. The SMILES string of the molecule is COc1csc(-c2n[nH]c(C)n2)c1. The summed E-state index contributed by atoms with van der Waals surface area (Å²) in [5.41, 5.74) is 0. The van der Waals surface area contributed by atoms with Crippen LogP contribution in [0.2, 0.25) is 0 Å². The number of aromatic nitrogens is 3. The van der Waals surface area contributed by atoms with Crippen molar-refractivity contribution >= 4 is 11.3 Å². The number of H-pyrrole nitrogens is 1. The second-order valence-electron chi connectivity index (χ2n) is 2.60. The van der Waals surface area contributed by atoms with Gasteiger partial charge in [-0.05, 0) is 6.92 Å². The molecular formula is C8H9N3OS. The van der Waals surface area contributed by atoms with E-state index in [0.29, 0.717) is 0 Å². The Morgan fingerprint density at radius 1 is 1.54 bits per heavy atom. The maximum Gasteiger partial charge on any atom is 0.191 e. The number of ether oxygens (including phenoxy) is 1. The lowest BCUT2D eigenvalue weighted by molar-refractivity contribution is 0.417. The highest BCUT2D eigenvalue weighted by Gasteiger charge is 2.06. The van der Waals surface area contributed by atoms with Gasteiger partial charge in [-0.2, -0.15) is 5.10 Å². The lowest BCUT2D eigenvalue weighted by Crippen LogP contribution is -1.77. The molecule has 2 aromatic rings. The summed E-state index contributed by atoms with van der Waals surface area (Å²) in [5, 5.41) is 8.78. The van der Waals surface area contributed by atoms with E-state index in [1.165, 1.54) is 0 Å². The fourth-order valence-electron chi connectivity index (χ4n) is 0.996. The molecule has 0 atom stereocenters. The van der Waals surface area contributed by atoms with Crippen molar-refractivity contribution in [2.75, 3.05) is 7.11 Å². The number of methoxy groups -OCH3 is 1. The van der Waals surface area contributed by atoms with Crippen LogP contribution in [-0.4, -0.2) is 22.3 Å². The van der Waals surface area contributed by atoms with Crippen LogP contribution in [0.15, 0.2) is 11.4 Å². The number of nitrogens with zero attached hydrogens (tertiary/aromatic N) is 2. The third-order valence-corrected chi connectivity index (χ3v) is 2.53. The molecule has 4 nitrogen and oxygen atoms in total. The molecule has 0 saturated carbocycles. The number of aromatic amines is 1. The van der Waals surface area contributed by atoms with E-state index in [1.54, 1.807) is 18.4 Å². The van der Waals surface area contributed by atoms with Crippen LogP contribution >= 0.6 is 11.3 Å². The predicted molar refractivity (Wildman–Crippen MR) is 51.0 cm³/mol. The Morgan fingerprint density at radius 3 is 2.92 bits per heavy atom. The van der Waals surface area contributed by atoms with Crippen LogP contribution in [0.4, 0.5) is 0 Å². The largest absolute Gasteiger partial charge is 0.496 e. The average molecular weight is 195 g/mol. The molecule has 2 heterocycles. The van der Waals surface area contributed by atoms with Crippen molar-refractivity contribution in [2.24, 2.45) is 0 Å². The van der Waals surface area contributed by atoms with E-state index >= 15 is 0 Å². The Hall–Kier alpha value is -1.36. The molecule has 5 heteroatoms. The minimum atomic E-state index is 0.728. The summed E-state index contributed by atoms with van der Waals surface area (Å²) >= 11 is 1.57. The van der Waals surface area contributed by atoms with Gasteiger partial charge in [-0.3, -0.25) is 5.10 Å². The first-order valence-corrected chi connectivity index (χ1v) is 4.69. The Kier molecular flexibility index (Phi) is 2.02. The summed E-state index contributed by atoms with van der Waals surface area (Å²) in [6.45, 7) is 1.88. The topological polar surface area (TPSA) is 50.8 Å². The molecule has 0 unspecified atom stereocenters. The molecule has 0 amide bonds. The summed E-state index contributed by atoms with van der Waals surface area (Å²) in [6, 6.07) is 1.92. The molecule has 68 valence electrons. The normalized spacial score (nSPS) is 10.3. The molecule has 0 aliphatic heterocycles. The van der Waals surface area contributed by atoms with Gasteiger partial charge in [-0.1, -0.05) is 0 Å². The van der Waals surface area contributed by atoms with E-state index in [4.69, 9.17) is 4.74 Å². The van der Waals surface area contributed by atoms with Crippen LogP contribution in [0.1, 0.15) is 5.82 Å². The molecule has 13 heavy (non-hydrogen) atoms. The first-order chi connectivity index (χ1) is 6.29. The second-order valence-corrected chi connectivity index (χ2v) is 3.51. The van der Waals surface area contributed by atoms with Gasteiger partial charge in [0, 0.05) is 11.4 Å². The van der Waals surface area contributed by atoms with Crippen LogP contribution in [0.3, 0.4) is 0 Å². The maximum absolute atomic E-state index is 5.07. The van der Waals surface area contributed by atoms with Crippen LogP contribution < -0.4 is 4.74 Å². The third-order valence-electron chi connectivity index (χ3n) is 1.63. The van der Waals surface area contributed by atoms with Crippen LogP contribution in [0, 0.1) is 6.92 Å². The van der Waals surface area contributed by atoms with Crippen molar-refractivity contribution < 1.29 is 4.74 Å². The van der Waals surface area contributed by atoms with Crippen molar-refractivity contribution in [1.82, 2.24) is 15.2 Å². The molecule has 0 bridgehead atoms. The molecule has 0 aromatic carbocycles. The van der Waals surface area contributed by atoms with E-state index < -0.39 is 0 Å². The monoisotopic (exact) mass is 195 g/mol. The molecule has 0 saturated heterocycles. The first kappa shape index (κ1) is 8.25. The van der Waals surface area contributed by atoms with Gasteiger partial charge in [0.25, 0.3) is 0 Å². The molecule has 0 radical (unpaired) electrons. The van der Waals surface area contributed by atoms with Gasteiger partial charge in [-0.15, -0.1) is 11.3 Å². The highest BCUT2D eigenvalue weighted by atomic mass is 32.1. The number of aryl methyl sites for hydroxylation is 1. The van der Waals surface area contributed by atoms with Crippen LogP contribution in [-0.2, 0) is 0 Å². The highest BCUT2D eigenvalue weighted by Crippen LogP contribution is 2.28. The highest BCUT2D eigenvalue weighted by molar-refractivity contribution is 7.13. The Balaban J connectivity index is 2.35. The van der Waals surface area contributed by atoms with Gasteiger partial charge >= 0.3 is 0 Å². The number of hydrogen-bond donors (Lipinski definition) is 1. The van der Waals surface area contributed by atoms with Crippen LogP contribution in [0.25, 0.3) is 10.7 Å². The summed E-state index contributed by atoms with van der Waals surface area (Å²) in [4.78, 5) is 5.23. The van der Waals surface area contributed by atoms with Gasteiger partial charge in [-0.25, -0.2) is 4.98 Å². The number of nitrogens with one attached hydrogen (secondary N) is 1. The van der Waals surface area contributed by atoms with E-state index in [1.807, 2.05) is 18.4 Å². The number of thiophene rings is 1. The fraction of sp³-hybridized carbons (Fsp3) is 0.250.